The van der Waals surface area contributed by atoms with E-state index in [0.29, 0.717) is 35.5 Å². The molecular formula is C21H17BN2O6. The zero-order chi connectivity index (χ0) is 21.0. The van der Waals surface area contributed by atoms with Crippen molar-refractivity contribution in [1.29, 1.82) is 0 Å². The number of nitrogens with zero attached hydrogens (tertiary/aromatic N) is 2. The summed E-state index contributed by atoms with van der Waals surface area (Å²) in [5.74, 6) is -0.739. The van der Waals surface area contributed by atoms with Gasteiger partial charge < -0.3 is 19.1 Å². The number of hydrogen-bond donors (Lipinski definition) is 1. The molecule has 1 N–H and O–H groups in total. The molecule has 0 amide bonds. The second-order valence-electron chi connectivity index (χ2n) is 7.53. The lowest BCUT2D eigenvalue weighted by atomic mass is 9.86. The highest BCUT2D eigenvalue weighted by atomic mass is 16.6. The standard InChI is InChI=1S/C21H17BN2O6/c1-2-21(28)15-7-17-18-12(8-24(17)19(26)14(15)9-29-20(21)27)5-11-6-13(22-30-10-25)3-4-16(11)23-18/h3-7,10,22,28H,2,8-9H2,1H3/t21-/m0/s1. The van der Waals surface area contributed by atoms with Gasteiger partial charge in [-0.15, -0.1) is 0 Å². The van der Waals surface area contributed by atoms with Crippen molar-refractivity contribution in [2.75, 3.05) is 0 Å². The molecule has 2 aromatic heterocycles. The number of pyridine rings is 2. The van der Waals surface area contributed by atoms with Crippen LogP contribution in [-0.2, 0) is 37.7 Å². The maximum atomic E-state index is 13.1. The number of carbonyl (C=O) groups excluding carboxylic acids is 2. The molecule has 3 aromatic rings. The first-order valence-electron chi connectivity index (χ1n) is 9.61. The highest BCUT2D eigenvalue weighted by molar-refractivity contribution is 6.48. The lowest BCUT2D eigenvalue weighted by Crippen LogP contribution is -2.44. The Kier molecular flexibility index (Phi) is 4.04. The summed E-state index contributed by atoms with van der Waals surface area (Å²) in [6, 6.07) is 9.20. The summed E-state index contributed by atoms with van der Waals surface area (Å²) in [5, 5.41) is 11.8. The lowest BCUT2D eigenvalue weighted by molar-refractivity contribution is -0.172. The Hall–Kier alpha value is -3.46. The van der Waals surface area contributed by atoms with Crippen LogP contribution >= 0.6 is 0 Å². The molecule has 1 aromatic carbocycles. The SMILES string of the molecule is CC[C@@]1(O)C(=O)OCc2c1cc1n(c2=O)Cc2cc3cc(BOC=O)ccc3nc2-1. The number of benzene rings is 1. The minimum absolute atomic E-state index is 0.103. The van der Waals surface area contributed by atoms with Crippen LogP contribution in [0.1, 0.15) is 30.0 Å². The van der Waals surface area contributed by atoms with Gasteiger partial charge in [-0.05, 0) is 30.1 Å². The average molecular weight is 404 g/mol. The van der Waals surface area contributed by atoms with Gasteiger partial charge in [-0.1, -0.05) is 19.1 Å². The van der Waals surface area contributed by atoms with Crippen LogP contribution in [0.2, 0.25) is 0 Å². The van der Waals surface area contributed by atoms with Gasteiger partial charge in [0.2, 0.25) is 0 Å². The Bertz CT molecular complexity index is 1300. The van der Waals surface area contributed by atoms with Gasteiger partial charge >= 0.3 is 13.5 Å². The van der Waals surface area contributed by atoms with Crippen molar-refractivity contribution in [3.8, 4) is 11.4 Å². The normalized spacial score (nSPS) is 18.9. The molecule has 150 valence electrons. The first-order chi connectivity index (χ1) is 14.5. The number of rotatable bonds is 4. The van der Waals surface area contributed by atoms with Crippen molar-refractivity contribution in [1.82, 2.24) is 9.55 Å². The maximum Gasteiger partial charge on any atom is 0.377 e. The molecule has 0 saturated heterocycles. The van der Waals surface area contributed by atoms with Crippen molar-refractivity contribution in [3.05, 3.63) is 57.4 Å². The van der Waals surface area contributed by atoms with Gasteiger partial charge in [0.15, 0.2) is 5.60 Å². The van der Waals surface area contributed by atoms with Crippen LogP contribution in [0.3, 0.4) is 0 Å². The van der Waals surface area contributed by atoms with Gasteiger partial charge in [-0.3, -0.25) is 9.59 Å². The van der Waals surface area contributed by atoms with Crippen LogP contribution in [0.15, 0.2) is 35.1 Å². The molecule has 4 heterocycles. The number of carbonyl (C=O) groups is 2. The second kappa shape index (κ2) is 6.53. The minimum Gasteiger partial charge on any atom is -0.537 e. The largest absolute Gasteiger partial charge is 0.537 e. The first-order valence-corrected chi connectivity index (χ1v) is 9.61. The van der Waals surface area contributed by atoms with E-state index in [4.69, 9.17) is 14.4 Å². The molecule has 1 atom stereocenters. The zero-order valence-electron chi connectivity index (χ0n) is 16.2. The van der Waals surface area contributed by atoms with E-state index in [1.807, 2.05) is 24.3 Å². The number of aliphatic hydroxyl groups is 1. The molecule has 0 bridgehead atoms. The quantitative estimate of drug-likeness (QED) is 0.295. The van der Waals surface area contributed by atoms with E-state index in [1.165, 1.54) is 0 Å². The monoisotopic (exact) mass is 404 g/mol. The Morgan fingerprint density at radius 1 is 1.33 bits per heavy atom. The van der Waals surface area contributed by atoms with Gasteiger partial charge in [-0.2, -0.15) is 0 Å². The van der Waals surface area contributed by atoms with Crippen LogP contribution in [0.5, 0.6) is 0 Å². The summed E-state index contributed by atoms with van der Waals surface area (Å²) in [6.07, 6.45) is 0.103. The number of cyclic esters (lactones) is 1. The number of aromatic nitrogens is 2. The molecule has 5 rings (SSSR count). The van der Waals surface area contributed by atoms with Crippen LogP contribution in [0.4, 0.5) is 0 Å². The molecule has 2 aliphatic rings. The van der Waals surface area contributed by atoms with E-state index in [9.17, 15) is 19.5 Å². The molecule has 0 fully saturated rings. The molecule has 0 unspecified atom stereocenters. The summed E-state index contributed by atoms with van der Waals surface area (Å²) < 4.78 is 11.5. The maximum absolute atomic E-state index is 13.1. The molecule has 8 nitrogen and oxygen atoms in total. The fraction of sp³-hybridized carbons (Fsp3) is 0.238. The third-order valence-electron chi connectivity index (χ3n) is 5.89. The van der Waals surface area contributed by atoms with Crippen LogP contribution < -0.4 is 11.0 Å². The summed E-state index contributed by atoms with van der Waals surface area (Å²) in [5.41, 5.74) is 2.13. The summed E-state index contributed by atoms with van der Waals surface area (Å²) in [7, 11) is 0.173. The number of ether oxygens (including phenoxy) is 1. The molecule has 0 radical (unpaired) electrons. The van der Waals surface area contributed by atoms with Gasteiger partial charge in [-0.25, -0.2) is 9.78 Å². The number of esters is 1. The molecule has 2 aliphatic heterocycles. The topological polar surface area (TPSA) is 108 Å². The smallest absolute Gasteiger partial charge is 0.377 e. The minimum atomic E-state index is -1.84. The predicted molar refractivity (Wildman–Crippen MR) is 108 cm³/mol. The number of hydrogen-bond acceptors (Lipinski definition) is 7. The molecular weight excluding hydrogens is 387 g/mol. The first kappa shape index (κ1) is 18.6. The van der Waals surface area contributed by atoms with Gasteiger partial charge in [0.1, 0.15) is 6.61 Å². The summed E-state index contributed by atoms with van der Waals surface area (Å²) in [4.78, 5) is 40.5. The van der Waals surface area contributed by atoms with Gasteiger partial charge in [0.05, 0.1) is 29.0 Å². The second-order valence-corrected chi connectivity index (χ2v) is 7.53. The van der Waals surface area contributed by atoms with E-state index in [-0.39, 0.29) is 26.1 Å². The third-order valence-corrected chi connectivity index (χ3v) is 5.89. The lowest BCUT2D eigenvalue weighted by Gasteiger charge is -2.31. The molecule has 9 heteroatoms. The van der Waals surface area contributed by atoms with Crippen LogP contribution in [0.25, 0.3) is 22.3 Å². The van der Waals surface area contributed by atoms with E-state index in [1.54, 1.807) is 17.6 Å². The van der Waals surface area contributed by atoms with E-state index < -0.39 is 11.6 Å². The highest BCUT2D eigenvalue weighted by Gasteiger charge is 2.45. The Morgan fingerprint density at radius 2 is 2.17 bits per heavy atom. The van der Waals surface area contributed by atoms with Crippen molar-refractivity contribution in [3.63, 3.8) is 0 Å². The molecule has 30 heavy (non-hydrogen) atoms. The van der Waals surface area contributed by atoms with Gasteiger partial charge in [0.25, 0.3) is 12.0 Å². The summed E-state index contributed by atoms with van der Waals surface area (Å²) in [6.45, 7) is 2.27. The highest BCUT2D eigenvalue weighted by Crippen LogP contribution is 2.38. The van der Waals surface area contributed by atoms with E-state index in [0.717, 1.165) is 21.9 Å². The van der Waals surface area contributed by atoms with Crippen LogP contribution in [-0.4, -0.2) is 34.6 Å². The van der Waals surface area contributed by atoms with Crippen molar-refractivity contribution in [2.24, 2.45) is 0 Å². The number of fused-ring (bicyclic) bond motifs is 5. The fourth-order valence-electron chi connectivity index (χ4n) is 4.26. The van der Waals surface area contributed by atoms with Crippen molar-refractivity contribution in [2.45, 2.75) is 32.1 Å². The fourth-order valence-corrected chi connectivity index (χ4v) is 4.26. The molecule has 0 aliphatic carbocycles. The summed E-state index contributed by atoms with van der Waals surface area (Å²) >= 11 is 0. The van der Waals surface area contributed by atoms with Crippen molar-refractivity contribution < 1.29 is 24.1 Å². The van der Waals surface area contributed by atoms with Crippen molar-refractivity contribution >= 4 is 36.3 Å². The Balaban J connectivity index is 1.68. The zero-order valence-corrected chi connectivity index (χ0v) is 16.2. The molecule has 0 saturated carbocycles. The predicted octanol–water partition coefficient (Wildman–Crippen LogP) is 0.229. The van der Waals surface area contributed by atoms with E-state index >= 15 is 0 Å². The molecule has 0 spiro atoms. The average Bonchev–Trinajstić information content (AvgIpc) is 3.11. The Labute approximate surface area is 171 Å². The Morgan fingerprint density at radius 3 is 2.93 bits per heavy atom. The van der Waals surface area contributed by atoms with E-state index in [2.05, 4.69) is 0 Å². The van der Waals surface area contributed by atoms with Crippen LogP contribution in [0, 0.1) is 0 Å². The third kappa shape index (κ3) is 2.52. The van der Waals surface area contributed by atoms with Gasteiger partial charge in [0, 0.05) is 16.5 Å².